The van der Waals surface area contributed by atoms with E-state index in [1.807, 2.05) is 6.92 Å². The highest BCUT2D eigenvalue weighted by Crippen LogP contribution is 2.29. The smallest absolute Gasteiger partial charge is 0.328 e. The number of aliphatic carboxylic acids is 1. The van der Waals surface area contributed by atoms with E-state index < -0.39 is 11.5 Å². The van der Waals surface area contributed by atoms with Crippen molar-refractivity contribution in [2.45, 2.75) is 25.8 Å². The second-order valence-electron chi connectivity index (χ2n) is 4.18. The van der Waals surface area contributed by atoms with E-state index in [0.29, 0.717) is 24.2 Å². The Morgan fingerprint density at radius 1 is 1.72 bits per heavy atom. The molecule has 0 radical (unpaired) electrons. The van der Waals surface area contributed by atoms with Crippen LogP contribution >= 0.6 is 0 Å². The summed E-state index contributed by atoms with van der Waals surface area (Å²) >= 11 is 0. The van der Waals surface area contributed by atoms with Crippen LogP contribution in [0.5, 0.6) is 0 Å². The molecule has 0 saturated heterocycles. The van der Waals surface area contributed by atoms with E-state index in [4.69, 9.17) is 10.4 Å². The van der Waals surface area contributed by atoms with E-state index >= 15 is 0 Å². The van der Waals surface area contributed by atoms with Gasteiger partial charge in [0.25, 0.3) is 5.56 Å². The Kier molecular flexibility index (Phi) is 2.98. The SMILES string of the molecule is CC1CC/C(=C\C(=O)O)c2ncc(C#N)c(=O)n21. The molecule has 92 valence electrons. The fraction of sp³-hybridized carbons (Fsp3) is 0.333. The first-order valence-electron chi connectivity index (χ1n) is 5.50. The summed E-state index contributed by atoms with van der Waals surface area (Å²) in [6.45, 7) is 1.85. The molecule has 0 bridgehead atoms. The third-order valence-electron chi connectivity index (χ3n) is 2.97. The van der Waals surface area contributed by atoms with Crippen LogP contribution < -0.4 is 5.56 Å². The maximum Gasteiger partial charge on any atom is 0.328 e. The first-order valence-corrected chi connectivity index (χ1v) is 5.50. The molecule has 0 saturated carbocycles. The molecule has 1 atom stereocenters. The minimum Gasteiger partial charge on any atom is -0.478 e. The van der Waals surface area contributed by atoms with Crippen molar-refractivity contribution in [2.24, 2.45) is 0 Å². The van der Waals surface area contributed by atoms with Crippen LogP contribution in [-0.4, -0.2) is 20.6 Å². The summed E-state index contributed by atoms with van der Waals surface area (Å²) in [5.41, 5.74) is 0.0790. The summed E-state index contributed by atoms with van der Waals surface area (Å²) in [4.78, 5) is 26.8. The molecular formula is C12H11N3O3. The summed E-state index contributed by atoms with van der Waals surface area (Å²) < 4.78 is 1.40. The summed E-state index contributed by atoms with van der Waals surface area (Å²) in [7, 11) is 0. The van der Waals surface area contributed by atoms with Crippen molar-refractivity contribution in [1.82, 2.24) is 9.55 Å². The Balaban J connectivity index is 2.70. The normalized spacial score (nSPS) is 20.2. The van der Waals surface area contributed by atoms with Gasteiger partial charge in [0.2, 0.25) is 0 Å². The van der Waals surface area contributed by atoms with Crippen LogP contribution in [0.25, 0.3) is 5.57 Å². The Morgan fingerprint density at radius 2 is 2.44 bits per heavy atom. The summed E-state index contributed by atoms with van der Waals surface area (Å²) in [5.74, 6) is -0.718. The minimum absolute atomic E-state index is 0.0258. The number of hydrogen-bond donors (Lipinski definition) is 1. The summed E-state index contributed by atoms with van der Waals surface area (Å²) in [5, 5.41) is 17.6. The van der Waals surface area contributed by atoms with Crippen molar-refractivity contribution in [3.8, 4) is 6.07 Å². The van der Waals surface area contributed by atoms with E-state index in [-0.39, 0.29) is 11.6 Å². The molecule has 0 aliphatic carbocycles. The molecule has 6 nitrogen and oxygen atoms in total. The molecule has 2 rings (SSSR count). The van der Waals surface area contributed by atoms with Gasteiger partial charge < -0.3 is 5.11 Å². The largest absolute Gasteiger partial charge is 0.478 e. The van der Waals surface area contributed by atoms with Gasteiger partial charge in [-0.05, 0) is 19.8 Å². The molecule has 6 heteroatoms. The molecule has 1 unspecified atom stereocenters. The highest BCUT2D eigenvalue weighted by Gasteiger charge is 2.23. The molecule has 0 fully saturated rings. The number of rotatable bonds is 1. The van der Waals surface area contributed by atoms with Crippen LogP contribution in [0.3, 0.4) is 0 Å². The number of carbonyl (C=O) groups is 1. The molecule has 1 aromatic heterocycles. The molecule has 18 heavy (non-hydrogen) atoms. The predicted octanol–water partition coefficient (Wildman–Crippen LogP) is 0.938. The van der Waals surface area contributed by atoms with Gasteiger partial charge in [-0.1, -0.05) is 0 Å². The quantitative estimate of drug-likeness (QED) is 0.742. The van der Waals surface area contributed by atoms with Crippen molar-refractivity contribution < 1.29 is 9.90 Å². The van der Waals surface area contributed by atoms with Crippen LogP contribution in [0.4, 0.5) is 0 Å². The molecule has 1 aliphatic rings. The molecule has 1 aromatic rings. The molecule has 0 aromatic carbocycles. The second kappa shape index (κ2) is 4.45. The van der Waals surface area contributed by atoms with Crippen molar-refractivity contribution >= 4 is 11.5 Å². The number of fused-ring (bicyclic) bond motifs is 1. The van der Waals surface area contributed by atoms with Crippen molar-refractivity contribution in [1.29, 1.82) is 5.26 Å². The first-order chi connectivity index (χ1) is 8.54. The lowest BCUT2D eigenvalue weighted by molar-refractivity contribution is -0.131. The summed E-state index contributed by atoms with van der Waals surface area (Å²) in [6.07, 6.45) is 3.48. The Morgan fingerprint density at radius 3 is 3.06 bits per heavy atom. The number of hydrogen-bond acceptors (Lipinski definition) is 4. The fourth-order valence-electron chi connectivity index (χ4n) is 2.08. The number of carboxylic acids is 1. The van der Waals surface area contributed by atoms with Gasteiger partial charge in [-0.15, -0.1) is 0 Å². The number of nitriles is 1. The lowest BCUT2D eigenvalue weighted by Gasteiger charge is -2.25. The lowest BCUT2D eigenvalue weighted by Crippen LogP contribution is -2.32. The van der Waals surface area contributed by atoms with Crippen LogP contribution in [0, 0.1) is 11.3 Å². The molecular weight excluding hydrogens is 234 g/mol. The summed E-state index contributed by atoms with van der Waals surface area (Å²) in [6, 6.07) is 1.71. The van der Waals surface area contributed by atoms with Crippen LogP contribution in [-0.2, 0) is 4.79 Å². The van der Waals surface area contributed by atoms with Gasteiger partial charge in [-0.3, -0.25) is 9.36 Å². The topological polar surface area (TPSA) is 96.0 Å². The van der Waals surface area contributed by atoms with Gasteiger partial charge in [0.1, 0.15) is 17.5 Å². The number of nitrogens with zero attached hydrogens (tertiary/aromatic N) is 3. The fourth-order valence-corrected chi connectivity index (χ4v) is 2.08. The lowest BCUT2D eigenvalue weighted by atomic mass is 9.99. The Bertz CT molecular complexity index is 637. The zero-order valence-corrected chi connectivity index (χ0v) is 9.75. The predicted molar refractivity (Wildman–Crippen MR) is 62.8 cm³/mol. The van der Waals surface area contributed by atoms with Crippen molar-refractivity contribution in [2.75, 3.05) is 0 Å². The molecule has 1 aliphatic heterocycles. The highest BCUT2D eigenvalue weighted by atomic mass is 16.4. The second-order valence-corrected chi connectivity index (χ2v) is 4.18. The van der Waals surface area contributed by atoms with Gasteiger partial charge >= 0.3 is 5.97 Å². The maximum atomic E-state index is 12.0. The molecule has 0 amide bonds. The molecule has 2 heterocycles. The van der Waals surface area contributed by atoms with Gasteiger partial charge in [0.05, 0.1) is 6.20 Å². The molecule has 0 spiro atoms. The monoisotopic (exact) mass is 245 g/mol. The van der Waals surface area contributed by atoms with E-state index in [1.54, 1.807) is 6.07 Å². The number of aromatic nitrogens is 2. The van der Waals surface area contributed by atoms with E-state index in [2.05, 4.69) is 4.98 Å². The van der Waals surface area contributed by atoms with E-state index in [1.165, 1.54) is 10.8 Å². The van der Waals surface area contributed by atoms with Crippen LogP contribution in [0.15, 0.2) is 17.1 Å². The van der Waals surface area contributed by atoms with Crippen molar-refractivity contribution in [3.05, 3.63) is 34.0 Å². The Labute approximate surface area is 103 Å². The van der Waals surface area contributed by atoms with Crippen molar-refractivity contribution in [3.63, 3.8) is 0 Å². The third-order valence-corrected chi connectivity index (χ3v) is 2.97. The number of allylic oxidation sites excluding steroid dienone is 1. The van der Waals surface area contributed by atoms with E-state index in [0.717, 1.165) is 6.08 Å². The van der Waals surface area contributed by atoms with Crippen LogP contribution in [0.2, 0.25) is 0 Å². The van der Waals surface area contributed by atoms with Gasteiger partial charge in [-0.2, -0.15) is 5.26 Å². The van der Waals surface area contributed by atoms with Gasteiger partial charge in [-0.25, -0.2) is 9.78 Å². The first kappa shape index (κ1) is 12.0. The highest BCUT2D eigenvalue weighted by molar-refractivity contribution is 5.89. The van der Waals surface area contributed by atoms with Gasteiger partial charge in [0, 0.05) is 17.7 Å². The maximum absolute atomic E-state index is 12.0. The molecule has 1 N–H and O–H groups in total. The standard InChI is InChI=1S/C12H11N3O3/c1-7-2-3-8(4-10(16)17)11-14-6-9(5-13)12(18)15(7)11/h4,6-7H,2-3H2,1H3,(H,16,17)/b8-4+. The Hall–Kier alpha value is -2.42. The average Bonchev–Trinajstić information content (AvgIpc) is 2.32. The zero-order valence-electron chi connectivity index (χ0n) is 9.75. The number of carboxylic acid groups (broad SMARTS) is 1. The zero-order chi connectivity index (χ0) is 13.3. The minimum atomic E-state index is -1.07. The van der Waals surface area contributed by atoms with Gasteiger partial charge in [0.15, 0.2) is 0 Å². The third kappa shape index (κ3) is 1.91. The average molecular weight is 245 g/mol. The van der Waals surface area contributed by atoms with Crippen LogP contribution in [0.1, 0.15) is 37.2 Å². The van der Waals surface area contributed by atoms with E-state index in [9.17, 15) is 9.59 Å².